The summed E-state index contributed by atoms with van der Waals surface area (Å²) in [6.45, 7) is 14.6. The number of aryl methyl sites for hydroxylation is 1. The Kier molecular flexibility index (Phi) is 7.74. The predicted molar refractivity (Wildman–Crippen MR) is 104 cm³/mol. The molecule has 0 fully saturated rings. The van der Waals surface area contributed by atoms with Gasteiger partial charge >= 0.3 is 0 Å². The second-order valence-electron chi connectivity index (χ2n) is 5.64. The summed E-state index contributed by atoms with van der Waals surface area (Å²) in [7, 11) is 0. The Balaban J connectivity index is 0.000000615. The number of aliphatic imine (C=N–C) groups is 1. The molecule has 1 aliphatic rings. The molecule has 0 atom stereocenters. The molecule has 23 heavy (non-hydrogen) atoms. The van der Waals surface area contributed by atoms with Crippen LogP contribution in [0.4, 0.5) is 5.69 Å². The molecule has 0 saturated heterocycles. The minimum absolute atomic E-state index is 0.559. The Labute approximate surface area is 142 Å². The molecule has 0 saturated carbocycles. The van der Waals surface area contributed by atoms with E-state index in [1.54, 1.807) is 0 Å². The standard InChI is InChI=1S/C18H19N.2C2H6/c1-12(2)15-8-9-16-11-17(19-18(16)10-15)14-6-4-13(3)5-7-14;2*1-2/h4-10,12H,11H2,1-3H3;2*1-2H3. The Hall–Kier alpha value is -1.89. The number of rotatable bonds is 2. The molecule has 0 radical (unpaired) electrons. The zero-order chi connectivity index (χ0) is 17.4. The topological polar surface area (TPSA) is 12.4 Å². The smallest absolute Gasteiger partial charge is 0.0672 e. The van der Waals surface area contributed by atoms with Crippen LogP contribution in [0, 0.1) is 6.92 Å². The molecule has 0 spiro atoms. The number of fused-ring (bicyclic) bond motifs is 1. The summed E-state index contributed by atoms with van der Waals surface area (Å²) in [5, 5.41) is 0. The van der Waals surface area contributed by atoms with Crippen molar-refractivity contribution in [3.05, 3.63) is 64.7 Å². The average Bonchev–Trinajstić information content (AvgIpc) is 3.02. The van der Waals surface area contributed by atoms with Gasteiger partial charge in [0.15, 0.2) is 0 Å². The van der Waals surface area contributed by atoms with Gasteiger partial charge in [-0.25, -0.2) is 0 Å². The Morgan fingerprint density at radius 1 is 0.870 bits per heavy atom. The first-order valence-electron chi connectivity index (χ1n) is 8.91. The zero-order valence-corrected chi connectivity index (χ0v) is 15.8. The van der Waals surface area contributed by atoms with Crippen molar-refractivity contribution in [2.75, 3.05) is 0 Å². The Morgan fingerprint density at radius 3 is 2.04 bits per heavy atom. The Morgan fingerprint density at radius 2 is 1.48 bits per heavy atom. The van der Waals surface area contributed by atoms with Gasteiger partial charge in [0.25, 0.3) is 0 Å². The quantitative estimate of drug-likeness (QED) is 0.575. The van der Waals surface area contributed by atoms with Crippen LogP contribution in [-0.2, 0) is 6.42 Å². The van der Waals surface area contributed by atoms with E-state index in [1.807, 2.05) is 27.7 Å². The lowest BCUT2D eigenvalue weighted by Crippen LogP contribution is -1.99. The number of nitrogens with zero attached hydrogens (tertiary/aromatic N) is 1. The van der Waals surface area contributed by atoms with Crippen LogP contribution >= 0.6 is 0 Å². The van der Waals surface area contributed by atoms with Gasteiger partial charge < -0.3 is 0 Å². The molecule has 1 aliphatic heterocycles. The molecule has 0 aliphatic carbocycles. The van der Waals surface area contributed by atoms with Crippen molar-refractivity contribution < 1.29 is 0 Å². The van der Waals surface area contributed by atoms with Gasteiger partial charge in [-0.1, -0.05) is 83.5 Å². The lowest BCUT2D eigenvalue weighted by atomic mass is 9.99. The van der Waals surface area contributed by atoms with E-state index in [1.165, 1.54) is 28.0 Å². The van der Waals surface area contributed by atoms with Gasteiger partial charge in [0.1, 0.15) is 0 Å². The van der Waals surface area contributed by atoms with Gasteiger partial charge in [-0.3, -0.25) is 4.99 Å². The number of hydrogen-bond acceptors (Lipinski definition) is 1. The summed E-state index contributed by atoms with van der Waals surface area (Å²) in [6, 6.07) is 15.3. The first kappa shape index (κ1) is 19.2. The summed E-state index contributed by atoms with van der Waals surface area (Å²) in [5.74, 6) is 0.559. The Bertz CT molecular complexity index is 634. The van der Waals surface area contributed by atoms with Crippen molar-refractivity contribution in [1.29, 1.82) is 0 Å². The van der Waals surface area contributed by atoms with Crippen LogP contribution in [0.1, 0.15) is 69.7 Å². The van der Waals surface area contributed by atoms with Crippen LogP contribution in [0.2, 0.25) is 0 Å². The first-order chi connectivity index (χ1) is 11.1. The summed E-state index contributed by atoms with van der Waals surface area (Å²) in [4.78, 5) is 4.81. The lowest BCUT2D eigenvalue weighted by Gasteiger charge is -2.06. The molecule has 0 N–H and O–H groups in total. The van der Waals surface area contributed by atoms with Crippen LogP contribution in [0.25, 0.3) is 0 Å². The third kappa shape index (κ3) is 4.79. The van der Waals surface area contributed by atoms with Gasteiger partial charge in [-0.05, 0) is 35.6 Å². The molecule has 2 aromatic carbocycles. The minimum Gasteiger partial charge on any atom is -0.252 e. The maximum absolute atomic E-state index is 4.81. The van der Waals surface area contributed by atoms with Crippen LogP contribution in [0.3, 0.4) is 0 Å². The van der Waals surface area contributed by atoms with Crippen LogP contribution < -0.4 is 0 Å². The lowest BCUT2D eigenvalue weighted by molar-refractivity contribution is 0.866. The highest BCUT2D eigenvalue weighted by Crippen LogP contribution is 2.31. The monoisotopic (exact) mass is 309 g/mol. The van der Waals surface area contributed by atoms with Gasteiger partial charge in [0.05, 0.1) is 11.4 Å². The second kappa shape index (κ2) is 9.29. The maximum atomic E-state index is 4.81. The van der Waals surface area contributed by atoms with E-state index in [9.17, 15) is 0 Å². The predicted octanol–water partition coefficient (Wildman–Crippen LogP) is 6.85. The highest BCUT2D eigenvalue weighted by molar-refractivity contribution is 6.06. The van der Waals surface area contributed by atoms with E-state index in [0.717, 1.165) is 12.1 Å². The normalized spacial score (nSPS) is 11.7. The summed E-state index contributed by atoms with van der Waals surface area (Å²) < 4.78 is 0. The summed E-state index contributed by atoms with van der Waals surface area (Å²) in [6.07, 6.45) is 0.955. The molecular formula is C22H31N. The highest BCUT2D eigenvalue weighted by Gasteiger charge is 2.16. The molecular weight excluding hydrogens is 278 g/mol. The van der Waals surface area contributed by atoms with Crippen LogP contribution in [-0.4, -0.2) is 5.71 Å². The molecule has 1 heteroatoms. The van der Waals surface area contributed by atoms with Crippen molar-refractivity contribution in [2.45, 2.75) is 60.8 Å². The average molecular weight is 309 g/mol. The fourth-order valence-corrected chi connectivity index (χ4v) is 2.47. The molecule has 1 heterocycles. The van der Waals surface area contributed by atoms with E-state index in [4.69, 9.17) is 4.99 Å². The molecule has 0 unspecified atom stereocenters. The van der Waals surface area contributed by atoms with Crippen LogP contribution in [0.15, 0.2) is 47.5 Å². The first-order valence-corrected chi connectivity index (χ1v) is 8.91. The SMILES string of the molecule is CC.CC.Cc1ccc(C2=Nc3cc(C(C)C)ccc3C2)cc1. The van der Waals surface area contributed by atoms with E-state index in [-0.39, 0.29) is 0 Å². The van der Waals surface area contributed by atoms with Crippen molar-refractivity contribution in [3.8, 4) is 0 Å². The summed E-state index contributed by atoms with van der Waals surface area (Å²) in [5.41, 5.74) is 7.60. The zero-order valence-electron chi connectivity index (χ0n) is 15.8. The second-order valence-corrected chi connectivity index (χ2v) is 5.64. The molecule has 0 aromatic heterocycles. The number of hydrogen-bond donors (Lipinski definition) is 0. The van der Waals surface area contributed by atoms with E-state index < -0.39 is 0 Å². The van der Waals surface area contributed by atoms with Crippen molar-refractivity contribution in [3.63, 3.8) is 0 Å². The molecule has 2 aromatic rings. The fraction of sp³-hybridized carbons (Fsp3) is 0.409. The summed E-state index contributed by atoms with van der Waals surface area (Å²) >= 11 is 0. The minimum atomic E-state index is 0.559. The molecule has 3 rings (SSSR count). The van der Waals surface area contributed by atoms with Crippen molar-refractivity contribution in [1.82, 2.24) is 0 Å². The largest absolute Gasteiger partial charge is 0.252 e. The van der Waals surface area contributed by atoms with Gasteiger partial charge in [-0.2, -0.15) is 0 Å². The van der Waals surface area contributed by atoms with Crippen molar-refractivity contribution in [2.24, 2.45) is 4.99 Å². The van der Waals surface area contributed by atoms with E-state index in [0.29, 0.717) is 5.92 Å². The van der Waals surface area contributed by atoms with Gasteiger partial charge in [0.2, 0.25) is 0 Å². The number of benzene rings is 2. The molecule has 1 nitrogen and oxygen atoms in total. The molecule has 0 bridgehead atoms. The third-order valence-electron chi connectivity index (χ3n) is 3.77. The van der Waals surface area contributed by atoms with Crippen LogP contribution in [0.5, 0.6) is 0 Å². The van der Waals surface area contributed by atoms with Gasteiger partial charge in [-0.15, -0.1) is 0 Å². The highest BCUT2D eigenvalue weighted by atomic mass is 14.8. The van der Waals surface area contributed by atoms with Crippen molar-refractivity contribution >= 4 is 11.4 Å². The fourth-order valence-electron chi connectivity index (χ4n) is 2.47. The third-order valence-corrected chi connectivity index (χ3v) is 3.77. The molecule has 124 valence electrons. The molecule has 0 amide bonds. The van der Waals surface area contributed by atoms with Gasteiger partial charge in [0, 0.05) is 6.42 Å². The maximum Gasteiger partial charge on any atom is 0.0672 e. The van der Waals surface area contributed by atoms with E-state index in [2.05, 4.69) is 63.2 Å². The van der Waals surface area contributed by atoms with E-state index >= 15 is 0 Å².